The molecular weight excluding hydrogens is 763 g/mol. The zero-order valence-corrected chi connectivity index (χ0v) is 37.4. The Morgan fingerprint density at radius 2 is 1.10 bits per heavy atom. The monoisotopic (exact) mass is 850 g/mol. The summed E-state index contributed by atoms with van der Waals surface area (Å²) in [6, 6.07) is -0.855. The third-order valence-corrected chi connectivity index (χ3v) is 11.8. The number of carbonyl (C=O) groups excluding carboxylic acids is 1. The number of amides is 1. The molecule has 6 N–H and O–H groups in total. The predicted octanol–water partition coefficient (Wildman–Crippen LogP) is 9.16. The Morgan fingerprint density at radius 3 is 1.55 bits per heavy atom. The first-order chi connectivity index (χ1) is 28.0. The second kappa shape index (κ2) is 36.5. The van der Waals surface area contributed by atoms with Crippen LogP contribution in [0.2, 0.25) is 0 Å². The molecule has 1 amide bonds. The van der Waals surface area contributed by atoms with Gasteiger partial charge in [0.2, 0.25) is 5.91 Å². The Morgan fingerprint density at radius 1 is 0.672 bits per heavy atom. The van der Waals surface area contributed by atoms with Crippen LogP contribution >= 0.6 is 0 Å². The summed E-state index contributed by atoms with van der Waals surface area (Å²) in [5, 5.41) is 44.7. The first-order valence-corrected chi connectivity index (χ1v) is 24.9. The lowest BCUT2D eigenvalue weighted by Crippen LogP contribution is -2.61. The van der Waals surface area contributed by atoms with Gasteiger partial charge in [0.05, 0.1) is 25.4 Å². The molecule has 12 nitrogen and oxygen atoms in total. The molecule has 1 rings (SSSR count). The maximum Gasteiger partial charge on any atom is 0.397 e. The van der Waals surface area contributed by atoms with Crippen molar-refractivity contribution < 1.29 is 51.8 Å². The van der Waals surface area contributed by atoms with Crippen molar-refractivity contribution in [2.75, 3.05) is 13.2 Å². The van der Waals surface area contributed by atoms with Crippen LogP contribution in [0.1, 0.15) is 213 Å². The molecule has 0 bridgehead atoms. The third-order valence-electron chi connectivity index (χ3n) is 11.3. The number of unbranched alkanes of at least 4 members (excludes halogenated alkanes) is 26. The molecule has 0 saturated carbocycles. The van der Waals surface area contributed by atoms with Crippen molar-refractivity contribution in [3.63, 3.8) is 0 Å². The Labute approximate surface area is 353 Å². The summed E-state index contributed by atoms with van der Waals surface area (Å²) in [4.78, 5) is 13.0. The van der Waals surface area contributed by atoms with Crippen molar-refractivity contribution in [2.24, 2.45) is 0 Å². The first kappa shape index (κ1) is 54.9. The summed E-state index contributed by atoms with van der Waals surface area (Å²) in [5.74, 6) is -0.235. The molecule has 0 spiro atoms. The number of rotatable bonds is 40. The predicted molar refractivity (Wildman–Crippen MR) is 232 cm³/mol. The maximum absolute atomic E-state index is 13.0. The zero-order chi connectivity index (χ0) is 42.7. The number of aliphatic hydroxyl groups is 4. The second-order valence-electron chi connectivity index (χ2n) is 16.7. The molecule has 344 valence electrons. The zero-order valence-electron chi connectivity index (χ0n) is 36.6. The van der Waals surface area contributed by atoms with E-state index in [0.29, 0.717) is 12.8 Å². The minimum atomic E-state index is -5.07. The van der Waals surface area contributed by atoms with E-state index >= 15 is 0 Å². The van der Waals surface area contributed by atoms with Crippen molar-refractivity contribution in [1.29, 1.82) is 0 Å². The van der Waals surface area contributed by atoms with Crippen LogP contribution in [0.25, 0.3) is 0 Å². The fraction of sp³-hybridized carbons (Fsp3) is 0.933. The van der Waals surface area contributed by atoms with Gasteiger partial charge >= 0.3 is 10.4 Å². The van der Waals surface area contributed by atoms with Crippen LogP contribution in [0.5, 0.6) is 0 Å². The smallest absolute Gasteiger partial charge is 0.394 e. The van der Waals surface area contributed by atoms with E-state index in [1.165, 1.54) is 128 Å². The maximum atomic E-state index is 13.0. The van der Waals surface area contributed by atoms with Gasteiger partial charge in [-0.3, -0.25) is 9.35 Å². The van der Waals surface area contributed by atoms with Crippen LogP contribution in [-0.4, -0.2) is 95.4 Å². The number of nitrogens with one attached hydrogen (secondary N) is 1. The van der Waals surface area contributed by atoms with E-state index in [1.807, 2.05) is 0 Å². The van der Waals surface area contributed by atoms with Crippen LogP contribution in [0.4, 0.5) is 0 Å². The van der Waals surface area contributed by atoms with Gasteiger partial charge in [0.25, 0.3) is 0 Å². The van der Waals surface area contributed by atoms with Gasteiger partial charge in [0, 0.05) is 6.42 Å². The molecule has 1 aliphatic rings. The molecule has 0 aliphatic carbocycles. The van der Waals surface area contributed by atoms with Crippen LogP contribution in [0.3, 0.4) is 0 Å². The quantitative estimate of drug-likeness (QED) is 0.0196. The lowest BCUT2D eigenvalue weighted by Gasteiger charge is -2.41. The minimum absolute atomic E-state index is 0.235. The van der Waals surface area contributed by atoms with Crippen LogP contribution < -0.4 is 5.32 Å². The highest BCUT2D eigenvalue weighted by Gasteiger charge is 2.48. The fourth-order valence-corrected chi connectivity index (χ4v) is 8.14. The van der Waals surface area contributed by atoms with E-state index in [0.717, 1.165) is 51.4 Å². The number of ether oxygens (including phenoxy) is 2. The summed E-state index contributed by atoms with van der Waals surface area (Å²) < 4.78 is 47.5. The van der Waals surface area contributed by atoms with Gasteiger partial charge in [0.15, 0.2) is 6.29 Å². The normalized spacial score (nSPS) is 21.1. The standard InChI is InChI=1S/C45H87NO11S/c1-3-5-7-9-11-13-14-15-16-17-18-19-20-21-22-23-24-25-27-29-31-33-35-41(49)46-38(39(48)34-32-30-28-26-12-10-8-6-4-2)37-55-45-43(51)44(57-58(52,53)54)42(50)40(36-47)56-45/h20-21,38-40,42-45,47-48,50-51H,3-19,22-37H2,1-2H3,(H,46,49)(H,52,53,54)/b21-20-. The van der Waals surface area contributed by atoms with E-state index in [1.54, 1.807) is 0 Å². The van der Waals surface area contributed by atoms with Gasteiger partial charge in [-0.05, 0) is 38.5 Å². The number of carbonyl (C=O) groups is 1. The van der Waals surface area contributed by atoms with Crippen molar-refractivity contribution >= 4 is 16.3 Å². The minimum Gasteiger partial charge on any atom is -0.394 e. The highest BCUT2D eigenvalue weighted by atomic mass is 32.3. The topological polar surface area (TPSA) is 192 Å². The molecule has 0 aromatic rings. The van der Waals surface area contributed by atoms with Crippen LogP contribution in [0.15, 0.2) is 12.2 Å². The van der Waals surface area contributed by atoms with Crippen molar-refractivity contribution in [2.45, 2.75) is 256 Å². The Balaban J connectivity index is 2.38. The highest BCUT2D eigenvalue weighted by molar-refractivity contribution is 7.80. The van der Waals surface area contributed by atoms with E-state index in [2.05, 4.69) is 35.5 Å². The molecular formula is C45H87NO11S. The second-order valence-corrected chi connectivity index (χ2v) is 17.7. The lowest BCUT2D eigenvalue weighted by atomic mass is 9.99. The van der Waals surface area contributed by atoms with Gasteiger partial charge in [-0.1, -0.05) is 180 Å². The summed E-state index contributed by atoms with van der Waals surface area (Å²) in [5.41, 5.74) is 0. The fourth-order valence-electron chi connectivity index (χ4n) is 7.63. The first-order valence-electron chi connectivity index (χ1n) is 23.6. The average molecular weight is 850 g/mol. The van der Waals surface area contributed by atoms with Crippen molar-refractivity contribution in [3.8, 4) is 0 Å². The van der Waals surface area contributed by atoms with E-state index in [9.17, 15) is 33.6 Å². The Kier molecular flexibility index (Phi) is 34.5. The van der Waals surface area contributed by atoms with Crippen LogP contribution in [-0.2, 0) is 28.9 Å². The SMILES string of the molecule is CCCCCCCCCCCCC/C=C\CCCCCCCCCC(=O)NC(COC1OC(CO)C(O)C(OS(=O)(=O)O)C1O)C(O)CCCCCCCCCCC. The molecule has 0 aromatic heterocycles. The van der Waals surface area contributed by atoms with E-state index in [4.69, 9.17) is 14.0 Å². The van der Waals surface area contributed by atoms with E-state index < -0.39 is 59.9 Å². The summed E-state index contributed by atoms with van der Waals surface area (Å²) >= 11 is 0. The molecule has 1 saturated heterocycles. The Hall–Kier alpha value is -1.16. The van der Waals surface area contributed by atoms with Gasteiger partial charge in [-0.15, -0.1) is 0 Å². The van der Waals surface area contributed by atoms with Crippen LogP contribution in [0, 0.1) is 0 Å². The van der Waals surface area contributed by atoms with Gasteiger partial charge in [-0.25, -0.2) is 4.18 Å². The number of hydrogen-bond acceptors (Lipinski definition) is 10. The van der Waals surface area contributed by atoms with Gasteiger partial charge in [0.1, 0.15) is 24.4 Å². The molecule has 0 radical (unpaired) electrons. The molecule has 58 heavy (non-hydrogen) atoms. The molecule has 13 heteroatoms. The number of aliphatic hydroxyl groups excluding tert-OH is 4. The molecule has 1 aliphatic heterocycles. The molecule has 1 heterocycles. The summed E-state index contributed by atoms with van der Waals surface area (Å²) in [6.07, 6.45) is 30.9. The van der Waals surface area contributed by atoms with Gasteiger partial charge in [-0.2, -0.15) is 8.42 Å². The largest absolute Gasteiger partial charge is 0.397 e. The number of hydrogen-bond donors (Lipinski definition) is 6. The molecule has 7 atom stereocenters. The highest BCUT2D eigenvalue weighted by Crippen LogP contribution is 2.26. The summed E-state index contributed by atoms with van der Waals surface area (Å²) in [6.45, 7) is 3.42. The van der Waals surface area contributed by atoms with E-state index in [-0.39, 0.29) is 18.9 Å². The van der Waals surface area contributed by atoms with Crippen molar-refractivity contribution in [3.05, 3.63) is 12.2 Å². The van der Waals surface area contributed by atoms with Crippen molar-refractivity contribution in [1.82, 2.24) is 5.32 Å². The molecule has 1 fully saturated rings. The Bertz CT molecular complexity index is 1090. The van der Waals surface area contributed by atoms with Gasteiger partial charge < -0.3 is 35.2 Å². The average Bonchev–Trinajstić information content (AvgIpc) is 3.19. The lowest BCUT2D eigenvalue weighted by molar-refractivity contribution is -0.298. The third kappa shape index (κ3) is 29.2. The number of allylic oxidation sites excluding steroid dienone is 2. The summed E-state index contributed by atoms with van der Waals surface area (Å²) in [7, 11) is -5.07. The molecule has 0 aromatic carbocycles. The molecule has 7 unspecified atom stereocenters.